The van der Waals surface area contributed by atoms with Crippen molar-refractivity contribution < 1.29 is 28.6 Å². The van der Waals surface area contributed by atoms with Crippen molar-refractivity contribution in [3.05, 3.63) is 122 Å². The quantitative estimate of drug-likeness (QED) is 0.0262. The fraction of sp³-hybridized carbons (Fsp3) is 0.641. The summed E-state index contributed by atoms with van der Waals surface area (Å²) in [5, 5.41) is 0. The van der Waals surface area contributed by atoms with Crippen LogP contribution >= 0.6 is 0 Å². The van der Waals surface area contributed by atoms with E-state index in [0.29, 0.717) is 19.3 Å². The molecule has 0 saturated carbocycles. The van der Waals surface area contributed by atoms with Gasteiger partial charge in [0.1, 0.15) is 13.2 Å². The van der Waals surface area contributed by atoms with Crippen LogP contribution in [-0.2, 0) is 28.6 Å². The van der Waals surface area contributed by atoms with E-state index in [1.54, 1.807) is 0 Å². The van der Waals surface area contributed by atoms with Crippen LogP contribution in [-0.4, -0.2) is 37.2 Å². The molecule has 0 fully saturated rings. The summed E-state index contributed by atoms with van der Waals surface area (Å²) < 4.78 is 16.8. The molecule has 0 N–H and O–H groups in total. The first-order valence-electron chi connectivity index (χ1n) is 28.5. The molecule has 70 heavy (non-hydrogen) atoms. The molecule has 0 aromatic heterocycles. The summed E-state index contributed by atoms with van der Waals surface area (Å²) in [5.74, 6) is -0.970. The first kappa shape index (κ1) is 65.8. The largest absolute Gasteiger partial charge is 0.462 e. The molecule has 1 atom stereocenters. The summed E-state index contributed by atoms with van der Waals surface area (Å²) in [6.45, 7) is 6.36. The first-order valence-corrected chi connectivity index (χ1v) is 28.5. The highest BCUT2D eigenvalue weighted by Crippen LogP contribution is 2.15. The molecule has 0 aromatic rings. The van der Waals surface area contributed by atoms with Gasteiger partial charge in [-0.3, -0.25) is 14.4 Å². The average molecular weight is 970 g/mol. The molecule has 0 aromatic carbocycles. The Hall–Kier alpha value is -4.19. The standard InChI is InChI=1S/C64H104O6/c1-4-7-10-13-16-19-22-25-28-30-32-34-36-39-42-45-48-51-54-57-63(66)69-60-61(59-68-62(65)56-53-50-47-44-41-38-27-24-21-18-15-12-9-6-3)70-64(67)58-55-52-49-46-43-40-37-35-33-31-29-26-23-20-17-14-11-8-5-2/h7-8,10-11,16-17,19-20,25-26,28-29,32-35,39-40,42-43,61H,4-6,9,12-15,18,21-24,27,30-31,36-38,41,44-60H2,1-3H3/b10-7+,11-8+,19-16+,20-17+,28-25+,29-26+,34-32+,35-33+,42-39+,43-40+/t61-/m1/s1. The fourth-order valence-corrected chi connectivity index (χ4v) is 7.49. The van der Waals surface area contributed by atoms with Gasteiger partial charge < -0.3 is 14.2 Å². The van der Waals surface area contributed by atoms with E-state index in [4.69, 9.17) is 14.2 Å². The number of allylic oxidation sites excluding steroid dienone is 20. The zero-order chi connectivity index (χ0) is 50.7. The van der Waals surface area contributed by atoms with Crippen LogP contribution in [0.2, 0.25) is 0 Å². The minimum absolute atomic E-state index is 0.103. The number of hydrogen-bond donors (Lipinski definition) is 0. The molecule has 0 unspecified atom stereocenters. The Bertz CT molecular complexity index is 1490. The fourth-order valence-electron chi connectivity index (χ4n) is 7.49. The third-order valence-corrected chi connectivity index (χ3v) is 11.7. The lowest BCUT2D eigenvalue weighted by atomic mass is 10.0. The van der Waals surface area contributed by atoms with Gasteiger partial charge in [0.25, 0.3) is 0 Å². The van der Waals surface area contributed by atoms with Crippen LogP contribution < -0.4 is 0 Å². The Kier molecular flexibility index (Phi) is 54.0. The first-order chi connectivity index (χ1) is 34.5. The number of carbonyl (C=O) groups is 3. The van der Waals surface area contributed by atoms with Crippen LogP contribution in [0.5, 0.6) is 0 Å². The minimum Gasteiger partial charge on any atom is -0.462 e. The summed E-state index contributed by atoms with van der Waals surface area (Å²) in [7, 11) is 0. The van der Waals surface area contributed by atoms with Crippen LogP contribution in [0.1, 0.15) is 245 Å². The number of unbranched alkanes of at least 4 members (excludes halogenated alkanes) is 19. The van der Waals surface area contributed by atoms with Crippen LogP contribution in [0.3, 0.4) is 0 Å². The Morgan fingerprint density at radius 3 is 0.871 bits per heavy atom. The van der Waals surface area contributed by atoms with Gasteiger partial charge in [0.05, 0.1) is 0 Å². The van der Waals surface area contributed by atoms with Gasteiger partial charge in [-0.1, -0.05) is 239 Å². The molecule has 0 rings (SSSR count). The maximum Gasteiger partial charge on any atom is 0.306 e. The van der Waals surface area contributed by atoms with Crippen molar-refractivity contribution in [1.82, 2.24) is 0 Å². The van der Waals surface area contributed by atoms with Crippen molar-refractivity contribution in [2.24, 2.45) is 0 Å². The maximum absolute atomic E-state index is 12.9. The molecule has 0 amide bonds. The number of hydrogen-bond acceptors (Lipinski definition) is 6. The molecule has 6 nitrogen and oxygen atoms in total. The summed E-state index contributed by atoms with van der Waals surface area (Å²) in [4.78, 5) is 38.2. The highest BCUT2D eigenvalue weighted by molar-refractivity contribution is 5.71. The van der Waals surface area contributed by atoms with Gasteiger partial charge in [0.15, 0.2) is 6.10 Å². The predicted molar refractivity (Wildman–Crippen MR) is 302 cm³/mol. The number of carbonyl (C=O) groups excluding carboxylic acids is 3. The summed E-state index contributed by atoms with van der Waals surface area (Å²) in [6.07, 6.45) is 79.0. The molecule has 396 valence electrons. The zero-order valence-electron chi connectivity index (χ0n) is 45.2. The van der Waals surface area contributed by atoms with Gasteiger partial charge in [0.2, 0.25) is 0 Å². The van der Waals surface area contributed by atoms with Gasteiger partial charge in [-0.25, -0.2) is 0 Å². The molecule has 0 spiro atoms. The van der Waals surface area contributed by atoms with E-state index in [2.05, 4.69) is 142 Å². The lowest BCUT2D eigenvalue weighted by Crippen LogP contribution is -2.30. The van der Waals surface area contributed by atoms with Gasteiger partial charge >= 0.3 is 17.9 Å². The summed E-state index contributed by atoms with van der Waals surface area (Å²) in [6, 6.07) is 0. The van der Waals surface area contributed by atoms with Gasteiger partial charge in [-0.05, 0) is 109 Å². The van der Waals surface area contributed by atoms with E-state index in [-0.39, 0.29) is 37.5 Å². The second-order valence-electron chi connectivity index (χ2n) is 18.4. The SMILES string of the molecule is CC/C=C/C/C=C/C/C=C/C/C=C/C/C=C/CCCCCC(=O)OC[C@@H](COC(=O)CCCCCCCCCCCCCCCC)OC(=O)CCCCC/C=C/C/C=C/C/C=C/C/C=C/C/C=C/CC. The lowest BCUT2D eigenvalue weighted by molar-refractivity contribution is -0.167. The van der Waals surface area contributed by atoms with E-state index < -0.39 is 6.10 Å². The summed E-state index contributed by atoms with van der Waals surface area (Å²) in [5.41, 5.74) is 0. The molecular weight excluding hydrogens is 865 g/mol. The Morgan fingerprint density at radius 2 is 0.557 bits per heavy atom. The molecule has 0 radical (unpaired) electrons. The highest BCUT2D eigenvalue weighted by atomic mass is 16.6. The van der Waals surface area contributed by atoms with E-state index in [1.807, 2.05) is 0 Å². The van der Waals surface area contributed by atoms with Crippen LogP contribution in [0.15, 0.2) is 122 Å². The monoisotopic (exact) mass is 969 g/mol. The Balaban J connectivity index is 4.52. The molecule has 0 bridgehead atoms. The van der Waals surface area contributed by atoms with E-state index in [0.717, 1.165) is 128 Å². The second-order valence-corrected chi connectivity index (χ2v) is 18.4. The zero-order valence-corrected chi connectivity index (χ0v) is 45.2. The van der Waals surface area contributed by atoms with Crippen LogP contribution in [0, 0.1) is 0 Å². The predicted octanol–water partition coefficient (Wildman–Crippen LogP) is 19.3. The third kappa shape index (κ3) is 54.7. The maximum atomic E-state index is 12.9. The number of ether oxygens (including phenoxy) is 3. The smallest absolute Gasteiger partial charge is 0.306 e. The van der Waals surface area contributed by atoms with E-state index in [1.165, 1.54) is 70.6 Å². The van der Waals surface area contributed by atoms with Crippen molar-refractivity contribution in [3.63, 3.8) is 0 Å². The number of esters is 3. The molecule has 0 heterocycles. The van der Waals surface area contributed by atoms with Gasteiger partial charge in [0, 0.05) is 19.3 Å². The highest BCUT2D eigenvalue weighted by Gasteiger charge is 2.19. The van der Waals surface area contributed by atoms with Crippen molar-refractivity contribution in [1.29, 1.82) is 0 Å². The molecule has 6 heteroatoms. The minimum atomic E-state index is -0.812. The normalized spacial score (nSPS) is 13.0. The number of rotatable bonds is 50. The lowest BCUT2D eigenvalue weighted by Gasteiger charge is -2.18. The van der Waals surface area contributed by atoms with Crippen LogP contribution in [0.25, 0.3) is 0 Å². The van der Waals surface area contributed by atoms with E-state index in [9.17, 15) is 14.4 Å². The van der Waals surface area contributed by atoms with Crippen molar-refractivity contribution in [3.8, 4) is 0 Å². The van der Waals surface area contributed by atoms with Gasteiger partial charge in [-0.2, -0.15) is 0 Å². The van der Waals surface area contributed by atoms with Crippen LogP contribution in [0.4, 0.5) is 0 Å². The third-order valence-electron chi connectivity index (χ3n) is 11.7. The van der Waals surface area contributed by atoms with Crippen molar-refractivity contribution in [2.75, 3.05) is 13.2 Å². The van der Waals surface area contributed by atoms with E-state index >= 15 is 0 Å². The molecule has 0 aliphatic heterocycles. The molecule has 0 aliphatic rings. The Labute approximate surface area is 431 Å². The topological polar surface area (TPSA) is 78.9 Å². The summed E-state index contributed by atoms with van der Waals surface area (Å²) >= 11 is 0. The van der Waals surface area contributed by atoms with Crippen molar-refractivity contribution in [2.45, 2.75) is 252 Å². The Morgan fingerprint density at radius 1 is 0.300 bits per heavy atom. The molecular formula is C64H104O6. The van der Waals surface area contributed by atoms with Crippen molar-refractivity contribution >= 4 is 17.9 Å². The average Bonchev–Trinajstić information content (AvgIpc) is 3.36. The molecule has 0 saturated heterocycles. The van der Waals surface area contributed by atoms with Gasteiger partial charge in [-0.15, -0.1) is 0 Å². The molecule has 0 aliphatic carbocycles. The second kappa shape index (κ2) is 57.4.